The number of aliphatic hydroxyl groups is 2. The Balaban J connectivity index is 0.000000364. The number of aromatic carboxylic acids is 1. The van der Waals surface area contributed by atoms with Crippen molar-refractivity contribution in [3.8, 4) is 0 Å². The largest absolute Gasteiger partial charge is 0.478 e. The molecule has 0 spiro atoms. The molecule has 0 atom stereocenters. The van der Waals surface area contributed by atoms with E-state index < -0.39 is 5.97 Å². The number of carboxylic acids is 1. The minimum Gasteiger partial charge on any atom is -0.478 e. The van der Waals surface area contributed by atoms with Gasteiger partial charge in [-0.25, -0.2) is 4.79 Å². The monoisotopic (exact) mass is 198 g/mol. The van der Waals surface area contributed by atoms with Crippen molar-refractivity contribution >= 4 is 5.97 Å². The number of carboxylic acid groups (broad SMARTS) is 1. The van der Waals surface area contributed by atoms with E-state index in [4.69, 9.17) is 15.3 Å². The molecule has 3 N–H and O–H groups in total. The molecule has 4 heteroatoms. The van der Waals surface area contributed by atoms with Gasteiger partial charge < -0.3 is 15.3 Å². The van der Waals surface area contributed by atoms with Crippen LogP contribution in [0.1, 0.15) is 15.9 Å². The first-order valence-electron chi connectivity index (χ1n) is 4.13. The highest BCUT2D eigenvalue weighted by molar-refractivity contribution is 5.87. The molecule has 0 aliphatic heterocycles. The Hall–Kier alpha value is -1.39. The predicted octanol–water partition coefficient (Wildman–Crippen LogP) is 0.664. The Kier molecular flexibility index (Phi) is 6.36. The quantitative estimate of drug-likeness (QED) is 0.652. The van der Waals surface area contributed by atoms with Gasteiger partial charge in [-0.15, -0.1) is 0 Å². The van der Waals surface area contributed by atoms with Gasteiger partial charge in [0, 0.05) is 0 Å². The third-order valence-corrected chi connectivity index (χ3v) is 1.40. The smallest absolute Gasteiger partial charge is 0.335 e. The minimum atomic E-state index is -0.875. The van der Waals surface area contributed by atoms with E-state index in [-0.39, 0.29) is 13.2 Å². The molecule has 14 heavy (non-hydrogen) atoms. The van der Waals surface area contributed by atoms with Gasteiger partial charge in [-0.2, -0.15) is 0 Å². The van der Waals surface area contributed by atoms with Crippen LogP contribution >= 0.6 is 0 Å². The molecule has 0 amide bonds. The summed E-state index contributed by atoms with van der Waals surface area (Å²) in [4.78, 5) is 10.3. The lowest BCUT2D eigenvalue weighted by molar-refractivity contribution is 0.0697. The van der Waals surface area contributed by atoms with E-state index in [0.29, 0.717) is 5.56 Å². The minimum absolute atomic E-state index is 0.125. The summed E-state index contributed by atoms with van der Waals surface area (Å²) in [5.74, 6) is -0.875. The molecule has 0 saturated carbocycles. The summed E-state index contributed by atoms with van der Waals surface area (Å²) in [5, 5.41) is 23.7. The van der Waals surface area contributed by atoms with Crippen LogP contribution in [0.3, 0.4) is 0 Å². The fourth-order valence-electron chi connectivity index (χ4n) is 0.696. The number of hydrogen-bond acceptors (Lipinski definition) is 3. The SMILES string of the molecule is Cc1ccc(C(=O)O)cc1.OCCO. The Morgan fingerprint density at radius 1 is 1.14 bits per heavy atom. The molecule has 1 rings (SSSR count). The average Bonchev–Trinajstić information content (AvgIpc) is 2.19. The second-order valence-electron chi connectivity index (χ2n) is 2.62. The van der Waals surface area contributed by atoms with Crippen molar-refractivity contribution in [3.63, 3.8) is 0 Å². The van der Waals surface area contributed by atoms with E-state index in [0.717, 1.165) is 5.56 Å². The molecule has 0 aliphatic carbocycles. The maximum Gasteiger partial charge on any atom is 0.335 e. The third-order valence-electron chi connectivity index (χ3n) is 1.40. The summed E-state index contributed by atoms with van der Waals surface area (Å²) in [5.41, 5.74) is 1.41. The van der Waals surface area contributed by atoms with E-state index in [9.17, 15) is 4.79 Å². The zero-order chi connectivity index (χ0) is 11.0. The highest BCUT2D eigenvalue weighted by Gasteiger charge is 1.98. The lowest BCUT2D eigenvalue weighted by Crippen LogP contribution is -1.94. The number of hydrogen-bond donors (Lipinski definition) is 3. The van der Waals surface area contributed by atoms with Gasteiger partial charge in [0.15, 0.2) is 0 Å². The molecule has 0 heterocycles. The van der Waals surface area contributed by atoms with Gasteiger partial charge in [0.25, 0.3) is 0 Å². The lowest BCUT2D eigenvalue weighted by Gasteiger charge is -1.92. The van der Waals surface area contributed by atoms with Crippen molar-refractivity contribution < 1.29 is 20.1 Å². The van der Waals surface area contributed by atoms with Crippen LogP contribution in [0.4, 0.5) is 0 Å². The van der Waals surface area contributed by atoms with Crippen LogP contribution in [-0.4, -0.2) is 34.5 Å². The van der Waals surface area contributed by atoms with Gasteiger partial charge in [0.1, 0.15) is 0 Å². The molecule has 78 valence electrons. The zero-order valence-electron chi connectivity index (χ0n) is 7.97. The number of aryl methyl sites for hydroxylation is 1. The fraction of sp³-hybridized carbons (Fsp3) is 0.300. The highest BCUT2D eigenvalue weighted by Crippen LogP contribution is 2.01. The van der Waals surface area contributed by atoms with E-state index in [1.807, 2.05) is 6.92 Å². The summed E-state index contributed by atoms with van der Waals surface area (Å²) in [6, 6.07) is 6.75. The van der Waals surface area contributed by atoms with Crippen molar-refractivity contribution in [2.45, 2.75) is 6.92 Å². The van der Waals surface area contributed by atoms with Gasteiger partial charge in [-0.1, -0.05) is 17.7 Å². The second kappa shape index (κ2) is 7.06. The number of rotatable bonds is 2. The Labute approximate surface area is 82.4 Å². The van der Waals surface area contributed by atoms with Crippen molar-refractivity contribution in [2.75, 3.05) is 13.2 Å². The standard InChI is InChI=1S/C8H8O2.C2H6O2/c1-6-2-4-7(5-3-6)8(9)10;3-1-2-4/h2-5H,1H3,(H,9,10);3-4H,1-2H2. The van der Waals surface area contributed by atoms with Crippen molar-refractivity contribution in [1.29, 1.82) is 0 Å². The molecule has 0 aliphatic rings. The van der Waals surface area contributed by atoms with Crippen molar-refractivity contribution in [2.24, 2.45) is 0 Å². The molecular weight excluding hydrogens is 184 g/mol. The highest BCUT2D eigenvalue weighted by atomic mass is 16.4. The van der Waals surface area contributed by atoms with Gasteiger partial charge in [0.05, 0.1) is 18.8 Å². The molecule has 0 unspecified atom stereocenters. The average molecular weight is 198 g/mol. The van der Waals surface area contributed by atoms with E-state index >= 15 is 0 Å². The number of aliphatic hydroxyl groups excluding tert-OH is 2. The van der Waals surface area contributed by atoms with Crippen molar-refractivity contribution in [1.82, 2.24) is 0 Å². The van der Waals surface area contributed by atoms with Crippen LogP contribution in [0.5, 0.6) is 0 Å². The molecule has 4 nitrogen and oxygen atoms in total. The van der Waals surface area contributed by atoms with Crippen LogP contribution in [0.25, 0.3) is 0 Å². The second-order valence-corrected chi connectivity index (χ2v) is 2.62. The fourth-order valence-corrected chi connectivity index (χ4v) is 0.696. The Morgan fingerprint density at radius 3 is 1.86 bits per heavy atom. The van der Waals surface area contributed by atoms with Gasteiger partial charge in [-0.3, -0.25) is 0 Å². The van der Waals surface area contributed by atoms with E-state index in [2.05, 4.69) is 0 Å². The van der Waals surface area contributed by atoms with Crippen LogP contribution < -0.4 is 0 Å². The van der Waals surface area contributed by atoms with Crippen LogP contribution in [0, 0.1) is 6.92 Å². The first-order chi connectivity index (χ1) is 6.61. The van der Waals surface area contributed by atoms with Crippen molar-refractivity contribution in [3.05, 3.63) is 35.4 Å². The maximum absolute atomic E-state index is 10.3. The summed E-state index contributed by atoms with van der Waals surface area (Å²) < 4.78 is 0. The van der Waals surface area contributed by atoms with Gasteiger partial charge in [-0.05, 0) is 19.1 Å². The van der Waals surface area contributed by atoms with Gasteiger partial charge in [0.2, 0.25) is 0 Å². The first kappa shape index (κ1) is 12.6. The third kappa shape index (κ3) is 5.29. The van der Waals surface area contributed by atoms with Crippen LogP contribution in [0.15, 0.2) is 24.3 Å². The number of carbonyl (C=O) groups is 1. The normalized spacial score (nSPS) is 8.79. The Morgan fingerprint density at radius 2 is 1.57 bits per heavy atom. The molecule has 0 radical (unpaired) electrons. The predicted molar refractivity (Wildman–Crippen MR) is 52.3 cm³/mol. The summed E-state index contributed by atoms with van der Waals surface area (Å²) in [7, 11) is 0. The van der Waals surface area contributed by atoms with E-state index in [1.165, 1.54) is 0 Å². The molecular formula is C10H14O4. The van der Waals surface area contributed by atoms with Crippen LogP contribution in [0.2, 0.25) is 0 Å². The summed E-state index contributed by atoms with van der Waals surface area (Å²) >= 11 is 0. The zero-order valence-corrected chi connectivity index (χ0v) is 7.97. The summed E-state index contributed by atoms with van der Waals surface area (Å²) in [6.07, 6.45) is 0. The molecule has 0 bridgehead atoms. The topological polar surface area (TPSA) is 77.8 Å². The molecule has 1 aromatic rings. The maximum atomic E-state index is 10.3. The Bertz CT molecular complexity index is 264. The molecule has 1 aromatic carbocycles. The molecule has 0 aromatic heterocycles. The lowest BCUT2D eigenvalue weighted by atomic mass is 10.2. The van der Waals surface area contributed by atoms with Gasteiger partial charge >= 0.3 is 5.97 Å². The summed E-state index contributed by atoms with van der Waals surface area (Å²) in [6.45, 7) is 1.67. The first-order valence-corrected chi connectivity index (χ1v) is 4.13. The molecule has 0 fully saturated rings. The van der Waals surface area contributed by atoms with E-state index in [1.54, 1.807) is 24.3 Å². The number of benzene rings is 1. The molecule has 0 saturated heterocycles. The van der Waals surface area contributed by atoms with Crippen LogP contribution in [-0.2, 0) is 0 Å².